The van der Waals surface area contributed by atoms with Crippen LogP contribution in [-0.2, 0) is 19.6 Å². The number of sulfonamides is 1. The van der Waals surface area contributed by atoms with E-state index in [1.165, 1.54) is 4.31 Å². The largest absolute Gasteiger partial charge is 0.379 e. The number of amides is 1. The molecule has 134 valence electrons. The van der Waals surface area contributed by atoms with E-state index in [0.717, 1.165) is 10.6 Å². The number of benzene rings is 1. The molecule has 2 aromatic rings. The highest BCUT2D eigenvalue weighted by Crippen LogP contribution is 2.23. The summed E-state index contributed by atoms with van der Waals surface area (Å²) < 4.78 is 30.9. The number of hydrogen-bond donors (Lipinski definition) is 1. The second kappa shape index (κ2) is 8.05. The average Bonchev–Trinajstić information content (AvgIpc) is 3.16. The summed E-state index contributed by atoms with van der Waals surface area (Å²) in [5.41, 5.74) is 1.61. The molecular formula is C16H19N3O4S2. The Balaban J connectivity index is 1.52. The van der Waals surface area contributed by atoms with E-state index in [2.05, 4.69) is 10.3 Å². The normalized spacial score (nSPS) is 15.8. The number of morpholine rings is 1. The van der Waals surface area contributed by atoms with Crippen molar-refractivity contribution in [3.63, 3.8) is 0 Å². The zero-order valence-electron chi connectivity index (χ0n) is 13.6. The van der Waals surface area contributed by atoms with Crippen LogP contribution in [-0.4, -0.2) is 55.7 Å². The SMILES string of the molecule is O=C(CCS(=O)(=O)N1CCOCC1)Nc1ccc(-c2nccs2)cc1. The topological polar surface area (TPSA) is 88.6 Å². The zero-order chi connectivity index (χ0) is 17.7. The zero-order valence-corrected chi connectivity index (χ0v) is 15.2. The first-order valence-electron chi connectivity index (χ1n) is 7.90. The Bertz CT molecular complexity index is 798. The lowest BCUT2D eigenvalue weighted by atomic mass is 10.2. The molecule has 0 bridgehead atoms. The minimum Gasteiger partial charge on any atom is -0.379 e. The van der Waals surface area contributed by atoms with E-state index in [4.69, 9.17) is 4.74 Å². The summed E-state index contributed by atoms with van der Waals surface area (Å²) in [6.45, 7) is 1.50. The van der Waals surface area contributed by atoms with Crippen molar-refractivity contribution < 1.29 is 17.9 Å². The Morgan fingerprint density at radius 2 is 1.96 bits per heavy atom. The standard InChI is InChI=1S/C16H19N3O4S2/c20-15(5-12-25(21,22)19-7-9-23-10-8-19)18-14-3-1-13(2-4-14)16-17-6-11-24-16/h1-4,6,11H,5,7-10,12H2,(H,18,20). The van der Waals surface area contributed by atoms with Gasteiger partial charge in [-0.05, 0) is 24.3 Å². The van der Waals surface area contributed by atoms with Gasteiger partial charge in [0.25, 0.3) is 0 Å². The predicted molar refractivity (Wildman–Crippen MR) is 97.0 cm³/mol. The number of ether oxygens (including phenoxy) is 1. The van der Waals surface area contributed by atoms with Gasteiger partial charge in [-0.25, -0.2) is 13.4 Å². The quantitative estimate of drug-likeness (QED) is 0.824. The van der Waals surface area contributed by atoms with Crippen molar-refractivity contribution in [2.24, 2.45) is 0 Å². The number of nitrogens with zero attached hydrogens (tertiary/aromatic N) is 2. The number of hydrogen-bond acceptors (Lipinski definition) is 6. The van der Waals surface area contributed by atoms with Crippen LogP contribution in [0.1, 0.15) is 6.42 Å². The fourth-order valence-electron chi connectivity index (χ4n) is 2.46. The third-order valence-electron chi connectivity index (χ3n) is 3.80. The smallest absolute Gasteiger partial charge is 0.225 e. The highest BCUT2D eigenvalue weighted by molar-refractivity contribution is 7.89. The van der Waals surface area contributed by atoms with Crippen molar-refractivity contribution in [2.45, 2.75) is 6.42 Å². The van der Waals surface area contributed by atoms with Gasteiger partial charge in [-0.2, -0.15) is 4.31 Å². The molecule has 0 saturated carbocycles. The summed E-state index contributed by atoms with van der Waals surface area (Å²) in [5.74, 6) is -0.519. The molecule has 7 nitrogen and oxygen atoms in total. The van der Waals surface area contributed by atoms with E-state index in [9.17, 15) is 13.2 Å². The molecule has 1 fully saturated rings. The molecule has 0 spiro atoms. The number of thiazole rings is 1. The molecule has 1 saturated heterocycles. The second-order valence-electron chi connectivity index (χ2n) is 5.54. The van der Waals surface area contributed by atoms with Crippen LogP contribution in [0.3, 0.4) is 0 Å². The number of carbonyl (C=O) groups is 1. The first-order chi connectivity index (χ1) is 12.0. The molecule has 2 heterocycles. The highest BCUT2D eigenvalue weighted by Gasteiger charge is 2.24. The number of anilines is 1. The maximum Gasteiger partial charge on any atom is 0.225 e. The van der Waals surface area contributed by atoms with Gasteiger partial charge in [0, 0.05) is 42.3 Å². The van der Waals surface area contributed by atoms with Gasteiger partial charge < -0.3 is 10.1 Å². The van der Waals surface area contributed by atoms with Gasteiger partial charge in [0.2, 0.25) is 15.9 Å². The van der Waals surface area contributed by atoms with Gasteiger partial charge in [-0.15, -0.1) is 11.3 Å². The molecule has 1 aliphatic rings. The van der Waals surface area contributed by atoms with E-state index < -0.39 is 10.0 Å². The van der Waals surface area contributed by atoms with E-state index in [0.29, 0.717) is 32.0 Å². The molecule has 1 aromatic carbocycles. The van der Waals surface area contributed by atoms with E-state index in [1.54, 1.807) is 29.7 Å². The highest BCUT2D eigenvalue weighted by atomic mass is 32.2. The molecule has 0 radical (unpaired) electrons. The van der Waals surface area contributed by atoms with Crippen LogP contribution in [0.25, 0.3) is 10.6 Å². The minimum absolute atomic E-state index is 0.0755. The summed E-state index contributed by atoms with van der Waals surface area (Å²) in [6, 6.07) is 7.31. The molecule has 3 rings (SSSR count). The van der Waals surface area contributed by atoms with Gasteiger partial charge in [0.1, 0.15) is 5.01 Å². The van der Waals surface area contributed by atoms with Crippen LogP contribution in [0.4, 0.5) is 5.69 Å². The van der Waals surface area contributed by atoms with Crippen LogP contribution >= 0.6 is 11.3 Å². The number of aromatic nitrogens is 1. The second-order valence-corrected chi connectivity index (χ2v) is 8.52. The summed E-state index contributed by atoms with van der Waals surface area (Å²) >= 11 is 1.54. The molecule has 0 atom stereocenters. The maximum absolute atomic E-state index is 12.2. The average molecular weight is 381 g/mol. The third-order valence-corrected chi connectivity index (χ3v) is 6.49. The van der Waals surface area contributed by atoms with Crippen molar-refractivity contribution in [1.82, 2.24) is 9.29 Å². The first-order valence-corrected chi connectivity index (χ1v) is 10.4. The van der Waals surface area contributed by atoms with Gasteiger partial charge in [-0.1, -0.05) is 0 Å². The van der Waals surface area contributed by atoms with Crippen molar-refractivity contribution in [1.29, 1.82) is 0 Å². The Morgan fingerprint density at radius 3 is 2.60 bits per heavy atom. The summed E-state index contributed by atoms with van der Waals surface area (Å²) in [5, 5.41) is 5.54. The molecule has 25 heavy (non-hydrogen) atoms. The van der Waals surface area contributed by atoms with Crippen LogP contribution in [0, 0.1) is 0 Å². The number of rotatable bonds is 6. The Morgan fingerprint density at radius 1 is 1.24 bits per heavy atom. The Kier molecular flexibility index (Phi) is 5.79. The van der Waals surface area contributed by atoms with E-state index in [-0.39, 0.29) is 18.1 Å². The lowest BCUT2D eigenvalue weighted by Crippen LogP contribution is -2.42. The molecule has 1 N–H and O–H groups in total. The van der Waals surface area contributed by atoms with E-state index >= 15 is 0 Å². The van der Waals surface area contributed by atoms with Gasteiger partial charge in [0.05, 0.1) is 19.0 Å². The van der Waals surface area contributed by atoms with Crippen LogP contribution in [0.15, 0.2) is 35.8 Å². The lowest BCUT2D eigenvalue weighted by Gasteiger charge is -2.25. The molecule has 0 unspecified atom stereocenters. The lowest BCUT2D eigenvalue weighted by molar-refractivity contribution is -0.115. The summed E-state index contributed by atoms with van der Waals surface area (Å²) in [6.07, 6.45) is 1.67. The maximum atomic E-state index is 12.2. The Hall–Kier alpha value is -1.81. The van der Waals surface area contributed by atoms with Gasteiger partial charge >= 0.3 is 0 Å². The predicted octanol–water partition coefficient (Wildman–Crippen LogP) is 1.80. The fraction of sp³-hybridized carbons (Fsp3) is 0.375. The molecule has 1 aromatic heterocycles. The van der Waals surface area contributed by atoms with Gasteiger partial charge in [-0.3, -0.25) is 4.79 Å². The van der Waals surface area contributed by atoms with Crippen molar-refractivity contribution >= 4 is 33.0 Å². The fourth-order valence-corrected chi connectivity index (χ4v) is 4.51. The summed E-state index contributed by atoms with van der Waals surface area (Å²) in [4.78, 5) is 16.3. The molecule has 0 aliphatic carbocycles. The molecule has 9 heteroatoms. The van der Waals surface area contributed by atoms with Crippen LogP contribution in [0.5, 0.6) is 0 Å². The van der Waals surface area contributed by atoms with E-state index in [1.807, 2.05) is 17.5 Å². The van der Waals surface area contributed by atoms with Crippen molar-refractivity contribution in [3.8, 4) is 10.6 Å². The van der Waals surface area contributed by atoms with Crippen LogP contribution in [0.2, 0.25) is 0 Å². The van der Waals surface area contributed by atoms with Crippen molar-refractivity contribution in [3.05, 3.63) is 35.8 Å². The monoisotopic (exact) mass is 381 g/mol. The summed E-state index contributed by atoms with van der Waals surface area (Å²) in [7, 11) is -3.42. The first kappa shape index (κ1) is 18.0. The van der Waals surface area contributed by atoms with Gasteiger partial charge in [0.15, 0.2) is 0 Å². The molecular weight excluding hydrogens is 362 g/mol. The minimum atomic E-state index is -3.42. The van der Waals surface area contributed by atoms with Crippen LogP contribution < -0.4 is 5.32 Å². The van der Waals surface area contributed by atoms with Crippen molar-refractivity contribution in [2.75, 3.05) is 37.4 Å². The Labute approximate surface area is 150 Å². The molecule has 1 amide bonds. The number of carbonyl (C=O) groups excluding carboxylic acids is 1. The molecule has 1 aliphatic heterocycles. The number of nitrogens with one attached hydrogen (secondary N) is 1. The third kappa shape index (κ3) is 4.85.